The van der Waals surface area contributed by atoms with Crippen LogP contribution in [0.15, 0.2) is 24.3 Å². The fourth-order valence-electron chi connectivity index (χ4n) is 2.37. The van der Waals surface area contributed by atoms with Gasteiger partial charge < -0.3 is 0 Å². The van der Waals surface area contributed by atoms with E-state index in [0.717, 1.165) is 12.8 Å². The molecule has 0 aromatic heterocycles. The number of rotatable bonds is 0. The molecule has 0 radical (unpaired) electrons. The standard InChI is InChI=1S/C17H28O/c1-15-10-8-6-4-3-5-7-9-11-16(2)14-17(18)13-12-15/h8-11,15-16H,3-7,12-14H2,1-2H3. The molecule has 102 valence electrons. The highest BCUT2D eigenvalue weighted by Crippen LogP contribution is 2.15. The van der Waals surface area contributed by atoms with Gasteiger partial charge >= 0.3 is 0 Å². The van der Waals surface area contributed by atoms with Crippen LogP contribution in [-0.4, -0.2) is 5.78 Å². The van der Waals surface area contributed by atoms with Crippen molar-refractivity contribution in [1.82, 2.24) is 0 Å². The van der Waals surface area contributed by atoms with Crippen LogP contribution >= 0.6 is 0 Å². The molecule has 1 aliphatic rings. The third-order valence-electron chi connectivity index (χ3n) is 3.60. The Morgan fingerprint density at radius 2 is 1.56 bits per heavy atom. The van der Waals surface area contributed by atoms with E-state index in [4.69, 9.17) is 0 Å². The summed E-state index contributed by atoms with van der Waals surface area (Å²) < 4.78 is 0. The molecule has 0 spiro atoms. The number of carbonyl (C=O) groups excluding carboxylic acids is 1. The molecule has 2 unspecified atom stereocenters. The second-order valence-electron chi connectivity index (χ2n) is 5.73. The van der Waals surface area contributed by atoms with Gasteiger partial charge in [0.15, 0.2) is 0 Å². The van der Waals surface area contributed by atoms with Crippen LogP contribution in [-0.2, 0) is 4.79 Å². The van der Waals surface area contributed by atoms with E-state index in [1.54, 1.807) is 0 Å². The lowest BCUT2D eigenvalue weighted by atomic mass is 9.97. The predicted molar refractivity (Wildman–Crippen MR) is 78.6 cm³/mol. The van der Waals surface area contributed by atoms with E-state index in [9.17, 15) is 4.79 Å². The molecule has 0 saturated carbocycles. The molecule has 18 heavy (non-hydrogen) atoms. The van der Waals surface area contributed by atoms with E-state index in [1.165, 1.54) is 32.1 Å². The number of hydrogen-bond acceptors (Lipinski definition) is 1. The SMILES string of the molecule is CC1C=CCCCCCC=CC(C)CC(=O)CC1. The minimum atomic E-state index is 0.411. The van der Waals surface area contributed by atoms with Gasteiger partial charge in [0.25, 0.3) is 0 Å². The van der Waals surface area contributed by atoms with Gasteiger partial charge in [0.05, 0.1) is 0 Å². The number of carbonyl (C=O) groups is 1. The number of hydrogen-bond donors (Lipinski definition) is 0. The van der Waals surface area contributed by atoms with Gasteiger partial charge in [-0.15, -0.1) is 0 Å². The molecule has 0 fully saturated rings. The predicted octanol–water partition coefficient (Wildman–Crippen LogP) is 5.07. The first-order valence-electron chi connectivity index (χ1n) is 7.53. The third-order valence-corrected chi connectivity index (χ3v) is 3.60. The van der Waals surface area contributed by atoms with Crippen LogP contribution in [0.2, 0.25) is 0 Å². The monoisotopic (exact) mass is 248 g/mol. The van der Waals surface area contributed by atoms with Crippen LogP contribution in [0.3, 0.4) is 0 Å². The highest BCUT2D eigenvalue weighted by Gasteiger charge is 2.08. The van der Waals surface area contributed by atoms with Crippen molar-refractivity contribution in [2.75, 3.05) is 0 Å². The minimum absolute atomic E-state index is 0.411. The summed E-state index contributed by atoms with van der Waals surface area (Å²) >= 11 is 0. The van der Waals surface area contributed by atoms with Crippen molar-refractivity contribution < 1.29 is 4.79 Å². The summed E-state index contributed by atoms with van der Waals surface area (Å²) in [5.41, 5.74) is 0. The maximum absolute atomic E-state index is 11.8. The second kappa shape index (κ2) is 9.13. The Morgan fingerprint density at radius 1 is 0.944 bits per heavy atom. The molecule has 0 saturated heterocycles. The molecule has 1 rings (SSSR count). The topological polar surface area (TPSA) is 17.1 Å². The highest BCUT2D eigenvalue weighted by molar-refractivity contribution is 5.78. The molecule has 2 atom stereocenters. The number of Topliss-reactive ketones (excluding diaryl/α,β-unsaturated/α-hetero) is 1. The van der Waals surface area contributed by atoms with Crippen molar-refractivity contribution in [3.8, 4) is 0 Å². The average molecular weight is 248 g/mol. The molecule has 1 aliphatic carbocycles. The summed E-state index contributed by atoms with van der Waals surface area (Å²) in [5, 5.41) is 0. The lowest BCUT2D eigenvalue weighted by Gasteiger charge is -2.07. The van der Waals surface area contributed by atoms with Crippen molar-refractivity contribution in [1.29, 1.82) is 0 Å². The van der Waals surface area contributed by atoms with Gasteiger partial charge in [-0.3, -0.25) is 4.79 Å². The van der Waals surface area contributed by atoms with Crippen molar-refractivity contribution in [3.63, 3.8) is 0 Å². The molecule has 0 amide bonds. The molecule has 1 heteroatoms. The Labute approximate surface area is 112 Å². The zero-order chi connectivity index (χ0) is 13.2. The van der Waals surface area contributed by atoms with Crippen molar-refractivity contribution in [2.24, 2.45) is 11.8 Å². The molecule has 1 nitrogen and oxygen atoms in total. The van der Waals surface area contributed by atoms with E-state index in [-0.39, 0.29) is 0 Å². The van der Waals surface area contributed by atoms with Crippen LogP contribution < -0.4 is 0 Å². The average Bonchev–Trinajstić information content (AvgIpc) is 2.33. The lowest BCUT2D eigenvalue weighted by molar-refractivity contribution is -0.119. The van der Waals surface area contributed by atoms with Crippen LogP contribution in [0.4, 0.5) is 0 Å². The Hall–Kier alpha value is -0.850. The van der Waals surface area contributed by atoms with Crippen LogP contribution in [0.1, 0.15) is 65.2 Å². The van der Waals surface area contributed by atoms with Gasteiger partial charge in [-0.1, -0.05) is 44.6 Å². The summed E-state index contributed by atoms with van der Waals surface area (Å²) in [6.45, 7) is 4.36. The Balaban J connectivity index is 2.47. The molecule has 0 aromatic carbocycles. The Bertz CT molecular complexity index is 288. The summed E-state index contributed by atoms with van der Waals surface area (Å²) in [7, 11) is 0. The van der Waals surface area contributed by atoms with E-state index in [2.05, 4.69) is 38.2 Å². The Kier molecular flexibility index (Phi) is 7.71. The van der Waals surface area contributed by atoms with Gasteiger partial charge in [-0.2, -0.15) is 0 Å². The minimum Gasteiger partial charge on any atom is -0.300 e. The first-order chi connectivity index (χ1) is 8.68. The zero-order valence-electron chi connectivity index (χ0n) is 12.0. The fraction of sp³-hybridized carbons (Fsp3) is 0.706. The lowest BCUT2D eigenvalue weighted by Crippen LogP contribution is -2.05. The fourth-order valence-corrected chi connectivity index (χ4v) is 2.37. The second-order valence-corrected chi connectivity index (χ2v) is 5.73. The quantitative estimate of drug-likeness (QED) is 0.547. The number of ketones is 1. The normalized spacial score (nSPS) is 28.7. The third kappa shape index (κ3) is 7.47. The van der Waals surface area contributed by atoms with Gasteiger partial charge in [0.2, 0.25) is 0 Å². The van der Waals surface area contributed by atoms with Crippen molar-refractivity contribution in [3.05, 3.63) is 24.3 Å². The largest absolute Gasteiger partial charge is 0.300 e. The molecular weight excluding hydrogens is 220 g/mol. The van der Waals surface area contributed by atoms with Crippen LogP contribution in [0, 0.1) is 11.8 Å². The van der Waals surface area contributed by atoms with E-state index >= 15 is 0 Å². The molecule has 0 N–H and O–H groups in total. The molecule has 0 aromatic rings. The summed E-state index contributed by atoms with van der Waals surface area (Å²) in [5.74, 6) is 1.38. The van der Waals surface area contributed by atoms with Crippen molar-refractivity contribution >= 4 is 5.78 Å². The van der Waals surface area contributed by atoms with Gasteiger partial charge in [-0.25, -0.2) is 0 Å². The molecule has 0 aliphatic heterocycles. The maximum atomic E-state index is 11.8. The van der Waals surface area contributed by atoms with Gasteiger partial charge in [0, 0.05) is 12.8 Å². The zero-order valence-corrected chi connectivity index (χ0v) is 12.0. The summed E-state index contributed by atoms with van der Waals surface area (Å²) in [6.07, 6.45) is 17.8. The van der Waals surface area contributed by atoms with E-state index in [0.29, 0.717) is 24.0 Å². The molecular formula is C17H28O. The van der Waals surface area contributed by atoms with Crippen LogP contribution in [0.25, 0.3) is 0 Å². The molecule has 0 bridgehead atoms. The molecule has 0 heterocycles. The van der Waals surface area contributed by atoms with Crippen molar-refractivity contribution in [2.45, 2.75) is 65.2 Å². The Morgan fingerprint density at radius 3 is 2.22 bits per heavy atom. The van der Waals surface area contributed by atoms with Gasteiger partial charge in [-0.05, 0) is 43.9 Å². The van der Waals surface area contributed by atoms with Crippen LogP contribution in [0.5, 0.6) is 0 Å². The van der Waals surface area contributed by atoms with Gasteiger partial charge in [0.1, 0.15) is 5.78 Å². The first-order valence-corrected chi connectivity index (χ1v) is 7.53. The smallest absolute Gasteiger partial charge is 0.133 e. The number of allylic oxidation sites excluding steroid dienone is 4. The van der Waals surface area contributed by atoms with E-state index in [1.807, 2.05) is 0 Å². The summed E-state index contributed by atoms with van der Waals surface area (Å²) in [6, 6.07) is 0. The summed E-state index contributed by atoms with van der Waals surface area (Å²) in [4.78, 5) is 11.8. The van der Waals surface area contributed by atoms with E-state index < -0.39 is 0 Å². The highest BCUT2D eigenvalue weighted by atomic mass is 16.1. The maximum Gasteiger partial charge on any atom is 0.133 e. The first kappa shape index (κ1) is 15.2.